The standard InChI is InChI=1S/C11H14ClN3O/c12-10-11(14-4-3-13-10)16-9-7-15-5-1-8(9)2-6-15/h3-4,8-9H,1-2,5-7H2/t9-/m1/s1. The topological polar surface area (TPSA) is 38.3 Å². The van der Waals surface area contributed by atoms with Crippen LogP contribution in [0.3, 0.4) is 0 Å². The molecular formula is C11H14ClN3O. The molecule has 3 aliphatic rings. The summed E-state index contributed by atoms with van der Waals surface area (Å²) in [6.07, 6.45) is 5.87. The molecule has 0 N–H and O–H groups in total. The first-order valence-electron chi connectivity index (χ1n) is 5.68. The van der Waals surface area contributed by atoms with Gasteiger partial charge in [0.1, 0.15) is 6.10 Å². The van der Waals surface area contributed by atoms with Crippen molar-refractivity contribution in [3.8, 4) is 5.88 Å². The van der Waals surface area contributed by atoms with E-state index in [1.165, 1.54) is 25.9 Å². The van der Waals surface area contributed by atoms with E-state index in [9.17, 15) is 0 Å². The lowest BCUT2D eigenvalue weighted by atomic mass is 9.86. The fraction of sp³-hybridized carbons (Fsp3) is 0.636. The molecule has 0 amide bonds. The summed E-state index contributed by atoms with van der Waals surface area (Å²) in [7, 11) is 0. The van der Waals surface area contributed by atoms with E-state index in [0.717, 1.165) is 6.54 Å². The second kappa shape index (κ2) is 4.18. The van der Waals surface area contributed by atoms with Crippen molar-refractivity contribution in [1.29, 1.82) is 0 Å². The van der Waals surface area contributed by atoms with Crippen molar-refractivity contribution in [2.24, 2.45) is 5.92 Å². The average molecular weight is 240 g/mol. The molecular weight excluding hydrogens is 226 g/mol. The van der Waals surface area contributed by atoms with Crippen LogP contribution in [0.1, 0.15) is 12.8 Å². The van der Waals surface area contributed by atoms with E-state index in [0.29, 0.717) is 17.0 Å². The fourth-order valence-corrected chi connectivity index (χ4v) is 2.72. The molecule has 86 valence electrons. The summed E-state index contributed by atoms with van der Waals surface area (Å²) < 4.78 is 5.87. The van der Waals surface area contributed by atoms with Gasteiger partial charge in [-0.25, -0.2) is 9.97 Å². The van der Waals surface area contributed by atoms with E-state index >= 15 is 0 Å². The Kier molecular flexibility index (Phi) is 2.69. The molecule has 3 aliphatic heterocycles. The second-order valence-electron chi connectivity index (χ2n) is 4.45. The third-order valence-electron chi connectivity index (χ3n) is 3.48. The summed E-state index contributed by atoms with van der Waals surface area (Å²) >= 11 is 5.93. The van der Waals surface area contributed by atoms with Crippen molar-refractivity contribution in [2.45, 2.75) is 18.9 Å². The van der Waals surface area contributed by atoms with Crippen LogP contribution < -0.4 is 4.74 Å². The van der Waals surface area contributed by atoms with E-state index in [1.807, 2.05) is 0 Å². The van der Waals surface area contributed by atoms with Gasteiger partial charge in [-0.3, -0.25) is 4.90 Å². The van der Waals surface area contributed by atoms with Crippen molar-refractivity contribution < 1.29 is 4.74 Å². The highest BCUT2D eigenvalue weighted by atomic mass is 35.5. The predicted molar refractivity (Wildman–Crippen MR) is 60.6 cm³/mol. The first-order chi connectivity index (χ1) is 7.83. The molecule has 5 heteroatoms. The minimum absolute atomic E-state index is 0.233. The van der Waals surface area contributed by atoms with Gasteiger partial charge in [0, 0.05) is 18.9 Å². The fourth-order valence-electron chi connectivity index (χ4n) is 2.58. The Morgan fingerprint density at radius 3 is 2.62 bits per heavy atom. The molecule has 4 nitrogen and oxygen atoms in total. The van der Waals surface area contributed by atoms with E-state index < -0.39 is 0 Å². The van der Waals surface area contributed by atoms with E-state index in [2.05, 4.69) is 14.9 Å². The van der Waals surface area contributed by atoms with Crippen molar-refractivity contribution in [2.75, 3.05) is 19.6 Å². The Morgan fingerprint density at radius 2 is 2.00 bits per heavy atom. The van der Waals surface area contributed by atoms with Gasteiger partial charge in [-0.05, 0) is 31.8 Å². The Balaban J connectivity index is 1.73. The van der Waals surface area contributed by atoms with E-state index in [1.54, 1.807) is 12.4 Å². The highest BCUT2D eigenvalue weighted by Crippen LogP contribution is 2.31. The minimum atomic E-state index is 0.233. The normalized spacial score (nSPS) is 32.7. The highest BCUT2D eigenvalue weighted by molar-refractivity contribution is 6.30. The maximum atomic E-state index is 5.93. The van der Waals surface area contributed by atoms with Crippen LogP contribution in [0.5, 0.6) is 5.88 Å². The summed E-state index contributed by atoms with van der Waals surface area (Å²) in [4.78, 5) is 10.5. The van der Waals surface area contributed by atoms with Crippen LogP contribution in [0.25, 0.3) is 0 Å². The number of fused-ring (bicyclic) bond motifs is 3. The molecule has 1 aromatic heterocycles. The monoisotopic (exact) mass is 239 g/mol. The number of ether oxygens (including phenoxy) is 1. The Hall–Kier alpha value is -0.870. The van der Waals surface area contributed by atoms with Gasteiger partial charge in [0.05, 0.1) is 0 Å². The predicted octanol–water partition coefficient (Wildman–Crippen LogP) is 1.60. The lowest BCUT2D eigenvalue weighted by Gasteiger charge is -2.44. The highest BCUT2D eigenvalue weighted by Gasteiger charge is 2.36. The zero-order chi connectivity index (χ0) is 11.0. The third kappa shape index (κ3) is 1.87. The molecule has 0 unspecified atom stereocenters. The Morgan fingerprint density at radius 1 is 1.25 bits per heavy atom. The molecule has 3 fully saturated rings. The van der Waals surface area contributed by atoms with Gasteiger partial charge in [-0.1, -0.05) is 11.6 Å². The van der Waals surface area contributed by atoms with Crippen LogP contribution >= 0.6 is 11.6 Å². The van der Waals surface area contributed by atoms with Gasteiger partial charge < -0.3 is 4.74 Å². The number of rotatable bonds is 2. The largest absolute Gasteiger partial charge is 0.471 e. The summed E-state index contributed by atoms with van der Waals surface area (Å²) in [5.41, 5.74) is 0. The number of hydrogen-bond acceptors (Lipinski definition) is 4. The number of nitrogens with zero attached hydrogens (tertiary/aromatic N) is 3. The zero-order valence-corrected chi connectivity index (χ0v) is 9.73. The van der Waals surface area contributed by atoms with Gasteiger partial charge >= 0.3 is 0 Å². The molecule has 0 aliphatic carbocycles. The van der Waals surface area contributed by atoms with Crippen molar-refractivity contribution in [3.63, 3.8) is 0 Å². The van der Waals surface area contributed by atoms with Crippen LogP contribution in [0, 0.1) is 5.92 Å². The number of aromatic nitrogens is 2. The van der Waals surface area contributed by atoms with E-state index in [4.69, 9.17) is 16.3 Å². The zero-order valence-electron chi connectivity index (χ0n) is 8.97. The summed E-state index contributed by atoms with van der Waals surface area (Å²) in [6.45, 7) is 3.41. The molecule has 3 saturated heterocycles. The van der Waals surface area contributed by atoms with Crippen LogP contribution in [0.4, 0.5) is 0 Å². The average Bonchev–Trinajstić information content (AvgIpc) is 2.34. The lowest BCUT2D eigenvalue weighted by Crippen LogP contribution is -2.52. The molecule has 4 rings (SSSR count). The molecule has 1 aromatic rings. The minimum Gasteiger partial charge on any atom is -0.471 e. The van der Waals surface area contributed by atoms with Crippen molar-refractivity contribution >= 4 is 11.6 Å². The van der Waals surface area contributed by atoms with Gasteiger partial charge in [-0.2, -0.15) is 0 Å². The van der Waals surface area contributed by atoms with Crippen LogP contribution in [-0.2, 0) is 0 Å². The van der Waals surface area contributed by atoms with Gasteiger partial charge in [-0.15, -0.1) is 0 Å². The van der Waals surface area contributed by atoms with Crippen LogP contribution in [0.2, 0.25) is 5.15 Å². The first kappa shape index (κ1) is 10.3. The van der Waals surface area contributed by atoms with Crippen molar-refractivity contribution in [3.05, 3.63) is 17.5 Å². The molecule has 0 aromatic carbocycles. The van der Waals surface area contributed by atoms with Gasteiger partial charge in [0.25, 0.3) is 5.88 Å². The van der Waals surface area contributed by atoms with Gasteiger partial charge in [0.15, 0.2) is 5.15 Å². The number of halogens is 1. The van der Waals surface area contributed by atoms with E-state index in [-0.39, 0.29) is 6.10 Å². The second-order valence-corrected chi connectivity index (χ2v) is 4.80. The quantitative estimate of drug-likeness (QED) is 0.786. The lowest BCUT2D eigenvalue weighted by molar-refractivity contribution is -0.0101. The molecule has 2 bridgehead atoms. The first-order valence-corrected chi connectivity index (χ1v) is 6.06. The maximum Gasteiger partial charge on any atom is 0.252 e. The molecule has 4 heterocycles. The molecule has 0 radical (unpaired) electrons. The van der Waals surface area contributed by atoms with Crippen LogP contribution in [-0.4, -0.2) is 40.6 Å². The Labute approximate surface area is 99.6 Å². The van der Waals surface area contributed by atoms with Crippen molar-refractivity contribution in [1.82, 2.24) is 14.9 Å². The molecule has 1 atom stereocenters. The summed E-state index contributed by atoms with van der Waals surface area (Å²) in [5, 5.41) is 0.360. The number of piperidine rings is 3. The molecule has 0 spiro atoms. The molecule has 0 saturated carbocycles. The van der Waals surface area contributed by atoms with Crippen LogP contribution in [0.15, 0.2) is 12.4 Å². The third-order valence-corrected chi connectivity index (χ3v) is 3.74. The number of hydrogen-bond donors (Lipinski definition) is 0. The molecule has 16 heavy (non-hydrogen) atoms. The summed E-state index contributed by atoms with van der Waals surface area (Å²) in [6, 6.07) is 0. The smallest absolute Gasteiger partial charge is 0.252 e. The maximum absolute atomic E-state index is 5.93. The summed E-state index contributed by atoms with van der Waals surface area (Å²) in [5.74, 6) is 1.13. The Bertz CT molecular complexity index is 379. The SMILES string of the molecule is Clc1nccnc1O[C@@H]1CN2CCC1CC2. The van der Waals surface area contributed by atoms with Gasteiger partial charge in [0.2, 0.25) is 0 Å².